The number of carboxylic acids is 1. The lowest BCUT2D eigenvalue weighted by Crippen LogP contribution is -2.06. The highest BCUT2D eigenvalue weighted by atomic mass is 17.1. The first-order chi connectivity index (χ1) is 10.7. The number of hydrogen-bond donors (Lipinski definition) is 2. The Morgan fingerprint density at radius 1 is 1.00 bits per heavy atom. The second kappa shape index (κ2) is 16.5. The van der Waals surface area contributed by atoms with Gasteiger partial charge in [0.2, 0.25) is 0 Å². The van der Waals surface area contributed by atoms with Crippen molar-refractivity contribution in [3.63, 3.8) is 0 Å². The molecule has 0 spiro atoms. The van der Waals surface area contributed by atoms with E-state index in [2.05, 4.69) is 17.9 Å². The van der Waals surface area contributed by atoms with Crippen LogP contribution >= 0.6 is 0 Å². The van der Waals surface area contributed by atoms with Crippen molar-refractivity contribution in [2.45, 2.75) is 96.5 Å². The fraction of sp³-hybridized carbons (Fsp3) is 0.833. The van der Waals surface area contributed by atoms with Crippen molar-refractivity contribution in [1.82, 2.24) is 0 Å². The summed E-state index contributed by atoms with van der Waals surface area (Å²) in [4.78, 5) is 14.9. The molecule has 22 heavy (non-hydrogen) atoms. The van der Waals surface area contributed by atoms with Crippen LogP contribution in [0.1, 0.15) is 90.4 Å². The molecule has 0 fully saturated rings. The summed E-state index contributed by atoms with van der Waals surface area (Å²) in [6.07, 6.45) is 17.2. The van der Waals surface area contributed by atoms with Crippen molar-refractivity contribution in [3.8, 4) is 0 Å². The summed E-state index contributed by atoms with van der Waals surface area (Å²) >= 11 is 0. The van der Waals surface area contributed by atoms with E-state index in [1.165, 1.54) is 25.7 Å². The monoisotopic (exact) mass is 314 g/mol. The van der Waals surface area contributed by atoms with Gasteiger partial charge >= 0.3 is 5.97 Å². The number of hydrogen-bond acceptors (Lipinski definition) is 3. The van der Waals surface area contributed by atoms with Gasteiger partial charge in [-0.1, -0.05) is 70.4 Å². The molecule has 0 aromatic carbocycles. The minimum atomic E-state index is -0.704. The highest BCUT2D eigenvalue weighted by Gasteiger charge is 2.04. The van der Waals surface area contributed by atoms with Crippen LogP contribution in [-0.2, 0) is 9.68 Å². The van der Waals surface area contributed by atoms with Gasteiger partial charge in [-0.2, -0.15) is 0 Å². The molecule has 4 heteroatoms. The maximum Gasteiger partial charge on any atom is 0.303 e. The van der Waals surface area contributed by atoms with Gasteiger partial charge in [0.15, 0.2) is 0 Å². The molecule has 0 rings (SSSR count). The van der Waals surface area contributed by atoms with E-state index in [0.717, 1.165) is 51.4 Å². The molecule has 2 N–H and O–H groups in total. The van der Waals surface area contributed by atoms with Crippen molar-refractivity contribution >= 4 is 5.97 Å². The first-order valence-electron chi connectivity index (χ1n) is 8.89. The normalized spacial score (nSPS) is 12.8. The fourth-order valence-electron chi connectivity index (χ4n) is 2.45. The van der Waals surface area contributed by atoms with Crippen molar-refractivity contribution in [3.05, 3.63) is 12.2 Å². The lowest BCUT2D eigenvalue weighted by molar-refractivity contribution is -0.267. The Kier molecular flexibility index (Phi) is 15.8. The molecule has 4 nitrogen and oxygen atoms in total. The molecular formula is C18H34O4. The molecule has 130 valence electrons. The Hall–Kier alpha value is -0.870. The van der Waals surface area contributed by atoms with Crippen LogP contribution < -0.4 is 0 Å². The minimum Gasteiger partial charge on any atom is -0.481 e. The molecule has 1 atom stereocenters. The van der Waals surface area contributed by atoms with Crippen LogP contribution in [0.15, 0.2) is 12.2 Å². The summed E-state index contributed by atoms with van der Waals surface area (Å²) in [6.45, 7) is 2.21. The minimum absolute atomic E-state index is 0.182. The number of unbranched alkanes of at least 4 members (excludes halogenated alkanes) is 9. The largest absolute Gasteiger partial charge is 0.481 e. The van der Waals surface area contributed by atoms with E-state index in [-0.39, 0.29) is 12.5 Å². The molecule has 0 aromatic rings. The third-order valence-electron chi connectivity index (χ3n) is 3.84. The number of aliphatic carboxylic acids is 1. The maximum absolute atomic E-state index is 10.4. The maximum atomic E-state index is 10.4. The summed E-state index contributed by atoms with van der Waals surface area (Å²) in [5.41, 5.74) is 0. The highest BCUT2D eigenvalue weighted by Crippen LogP contribution is 2.12. The molecular weight excluding hydrogens is 280 g/mol. The van der Waals surface area contributed by atoms with Crippen LogP contribution in [0.3, 0.4) is 0 Å². The zero-order valence-corrected chi connectivity index (χ0v) is 14.1. The third-order valence-corrected chi connectivity index (χ3v) is 3.84. The number of rotatable bonds is 16. The molecule has 0 amide bonds. The van der Waals surface area contributed by atoms with Crippen molar-refractivity contribution in [2.75, 3.05) is 0 Å². The van der Waals surface area contributed by atoms with Crippen molar-refractivity contribution < 1.29 is 20.0 Å². The Morgan fingerprint density at radius 2 is 1.64 bits per heavy atom. The molecule has 0 aliphatic carbocycles. The Bertz CT molecular complexity index is 276. The van der Waals surface area contributed by atoms with Crippen LogP contribution in [-0.4, -0.2) is 22.4 Å². The molecule has 0 saturated carbocycles. The van der Waals surface area contributed by atoms with Gasteiger partial charge in [0.05, 0.1) is 0 Å². The lowest BCUT2D eigenvalue weighted by Gasteiger charge is -2.08. The lowest BCUT2D eigenvalue weighted by atomic mass is 10.1. The van der Waals surface area contributed by atoms with E-state index in [1.807, 2.05) is 6.08 Å². The van der Waals surface area contributed by atoms with Gasteiger partial charge < -0.3 is 5.11 Å². The second-order valence-corrected chi connectivity index (χ2v) is 5.98. The van der Waals surface area contributed by atoms with Gasteiger partial charge in [-0.3, -0.25) is 10.1 Å². The zero-order chi connectivity index (χ0) is 16.5. The predicted molar refractivity (Wildman–Crippen MR) is 90.0 cm³/mol. The van der Waals surface area contributed by atoms with Gasteiger partial charge in [-0.25, -0.2) is 4.89 Å². The van der Waals surface area contributed by atoms with Crippen molar-refractivity contribution in [2.24, 2.45) is 0 Å². The Balaban J connectivity index is 3.45. The average Bonchev–Trinajstić information content (AvgIpc) is 2.50. The SMILES string of the molecule is CCCCCC/C=C/C(CCCCCCCCC(=O)O)OO. The highest BCUT2D eigenvalue weighted by molar-refractivity contribution is 5.66. The molecule has 0 aliphatic heterocycles. The zero-order valence-electron chi connectivity index (χ0n) is 14.1. The van der Waals surface area contributed by atoms with Crippen molar-refractivity contribution in [1.29, 1.82) is 0 Å². The number of allylic oxidation sites excluding steroid dienone is 1. The molecule has 0 radical (unpaired) electrons. The predicted octanol–water partition coefficient (Wildman–Crippen LogP) is 5.58. The number of carbonyl (C=O) groups is 1. The Labute approximate surface area is 135 Å². The van der Waals surface area contributed by atoms with E-state index in [4.69, 9.17) is 10.4 Å². The molecule has 0 saturated heterocycles. The van der Waals surface area contributed by atoms with E-state index in [0.29, 0.717) is 0 Å². The van der Waals surface area contributed by atoms with Gasteiger partial charge in [-0.05, 0) is 25.7 Å². The summed E-state index contributed by atoms with van der Waals surface area (Å²) in [5.74, 6) is -0.704. The van der Waals surface area contributed by atoms with Crippen LogP contribution in [0.25, 0.3) is 0 Å². The first-order valence-corrected chi connectivity index (χ1v) is 8.89. The topological polar surface area (TPSA) is 66.8 Å². The number of carboxylic acid groups (broad SMARTS) is 1. The second-order valence-electron chi connectivity index (χ2n) is 5.98. The molecule has 0 aliphatic rings. The Morgan fingerprint density at radius 3 is 2.27 bits per heavy atom. The first kappa shape index (κ1) is 21.1. The van der Waals surface area contributed by atoms with E-state index in [1.54, 1.807) is 0 Å². The van der Waals surface area contributed by atoms with Crippen LogP contribution in [0.2, 0.25) is 0 Å². The van der Waals surface area contributed by atoms with Crippen LogP contribution in [0.4, 0.5) is 0 Å². The molecule has 0 bridgehead atoms. The van der Waals surface area contributed by atoms with Crippen LogP contribution in [0.5, 0.6) is 0 Å². The summed E-state index contributed by atoms with van der Waals surface area (Å²) in [6, 6.07) is 0. The van der Waals surface area contributed by atoms with E-state index in [9.17, 15) is 4.79 Å². The third kappa shape index (κ3) is 15.5. The van der Waals surface area contributed by atoms with Gasteiger partial charge in [0.25, 0.3) is 0 Å². The molecule has 0 aromatic heterocycles. The van der Waals surface area contributed by atoms with E-state index >= 15 is 0 Å². The molecule has 1 unspecified atom stereocenters. The van der Waals surface area contributed by atoms with Crippen LogP contribution in [0, 0.1) is 0 Å². The summed E-state index contributed by atoms with van der Waals surface area (Å²) in [5, 5.41) is 17.4. The standard InChI is InChI=1S/C18H34O4/c1-2-3-4-5-8-11-14-17(22-21)15-12-9-6-7-10-13-16-18(19)20/h11,14,17,21H,2-10,12-13,15-16H2,1H3,(H,19,20)/b14-11+. The van der Waals surface area contributed by atoms with Gasteiger partial charge in [0.1, 0.15) is 6.10 Å². The van der Waals surface area contributed by atoms with Gasteiger partial charge in [-0.15, -0.1) is 0 Å². The van der Waals surface area contributed by atoms with E-state index < -0.39 is 5.97 Å². The smallest absolute Gasteiger partial charge is 0.303 e. The quantitative estimate of drug-likeness (QED) is 0.169. The molecule has 0 heterocycles. The average molecular weight is 314 g/mol. The fourth-order valence-corrected chi connectivity index (χ4v) is 2.45. The van der Waals surface area contributed by atoms with Gasteiger partial charge in [0, 0.05) is 6.42 Å². The summed E-state index contributed by atoms with van der Waals surface area (Å²) < 4.78 is 0. The summed E-state index contributed by atoms with van der Waals surface area (Å²) in [7, 11) is 0.